The molecule has 1 atom stereocenters. The summed E-state index contributed by atoms with van der Waals surface area (Å²) in [5.74, 6) is -0.793. The third kappa shape index (κ3) is 5.94. The Bertz CT molecular complexity index is 541. The minimum Gasteiger partial charge on any atom is -0.461 e. The monoisotopic (exact) mass is 334 g/mol. The fourth-order valence-electron chi connectivity index (χ4n) is 2.54. The number of carbonyl (C=O) groups is 2. The molecule has 24 heavy (non-hydrogen) atoms. The highest BCUT2D eigenvalue weighted by Crippen LogP contribution is 2.28. The van der Waals surface area contributed by atoms with Gasteiger partial charge in [-0.2, -0.15) is 0 Å². The molecule has 2 rings (SSSR count). The van der Waals surface area contributed by atoms with Crippen LogP contribution < -0.4 is 11.1 Å². The molecule has 1 aliphatic rings. The normalized spacial score (nSPS) is 17.8. The fraction of sp³-hybridized carbons (Fsp3) is 0.556. The van der Waals surface area contributed by atoms with Crippen molar-refractivity contribution < 1.29 is 19.1 Å². The third-order valence-corrected chi connectivity index (χ3v) is 4.36. The molecule has 1 saturated heterocycles. The number of nitrogens with one attached hydrogen (secondary N) is 1. The van der Waals surface area contributed by atoms with Crippen LogP contribution in [0.15, 0.2) is 30.3 Å². The summed E-state index contributed by atoms with van der Waals surface area (Å²) in [5, 5.41) is 2.84. The molecule has 3 N–H and O–H groups in total. The van der Waals surface area contributed by atoms with E-state index in [0.717, 1.165) is 18.4 Å². The topological polar surface area (TPSA) is 90.7 Å². The molecular formula is C18H26N2O4. The molecule has 1 heterocycles. The molecular weight excluding hydrogens is 308 g/mol. The van der Waals surface area contributed by atoms with Gasteiger partial charge in [0.05, 0.1) is 12.5 Å². The van der Waals surface area contributed by atoms with E-state index in [1.54, 1.807) is 0 Å². The maximum Gasteiger partial charge on any atom is 0.308 e. The van der Waals surface area contributed by atoms with Crippen molar-refractivity contribution in [3.63, 3.8) is 0 Å². The van der Waals surface area contributed by atoms with Crippen LogP contribution in [-0.2, 0) is 25.7 Å². The van der Waals surface area contributed by atoms with Gasteiger partial charge in [0.2, 0.25) is 5.91 Å². The number of ether oxygens (including phenoxy) is 2. The number of carbonyl (C=O) groups excluding carboxylic acids is 2. The summed E-state index contributed by atoms with van der Waals surface area (Å²) in [6.45, 7) is 4.28. The van der Waals surface area contributed by atoms with E-state index >= 15 is 0 Å². The summed E-state index contributed by atoms with van der Waals surface area (Å²) >= 11 is 0. The minimum atomic E-state index is -0.892. The number of benzene rings is 1. The molecule has 1 aromatic rings. The Labute approximate surface area is 142 Å². The number of amides is 1. The van der Waals surface area contributed by atoms with Crippen molar-refractivity contribution in [2.24, 2.45) is 11.1 Å². The molecule has 132 valence electrons. The van der Waals surface area contributed by atoms with Crippen LogP contribution in [0.3, 0.4) is 0 Å². The van der Waals surface area contributed by atoms with Gasteiger partial charge in [-0.15, -0.1) is 0 Å². The van der Waals surface area contributed by atoms with Crippen LogP contribution in [0.4, 0.5) is 0 Å². The molecule has 6 heteroatoms. The highest BCUT2D eigenvalue weighted by atomic mass is 16.5. The van der Waals surface area contributed by atoms with Crippen LogP contribution in [-0.4, -0.2) is 37.7 Å². The highest BCUT2D eigenvalue weighted by molar-refractivity contribution is 5.86. The average molecular weight is 334 g/mol. The fourth-order valence-corrected chi connectivity index (χ4v) is 2.54. The van der Waals surface area contributed by atoms with Crippen molar-refractivity contribution in [1.82, 2.24) is 5.32 Å². The molecule has 0 aromatic heterocycles. The van der Waals surface area contributed by atoms with Gasteiger partial charge in [-0.25, -0.2) is 0 Å². The Hall–Kier alpha value is -1.92. The first kappa shape index (κ1) is 18.4. The molecule has 0 bridgehead atoms. The predicted molar refractivity (Wildman–Crippen MR) is 90.0 cm³/mol. The molecule has 0 unspecified atom stereocenters. The Morgan fingerprint density at radius 1 is 1.29 bits per heavy atom. The third-order valence-electron chi connectivity index (χ3n) is 4.36. The van der Waals surface area contributed by atoms with Gasteiger partial charge in [-0.05, 0) is 23.8 Å². The van der Waals surface area contributed by atoms with E-state index in [1.165, 1.54) is 0 Å². The van der Waals surface area contributed by atoms with Crippen LogP contribution in [0.5, 0.6) is 0 Å². The first-order valence-electron chi connectivity index (χ1n) is 8.29. The summed E-state index contributed by atoms with van der Waals surface area (Å²) in [5.41, 5.74) is 6.74. The number of nitrogens with two attached hydrogens (primary N) is 1. The minimum absolute atomic E-state index is 0.0292. The van der Waals surface area contributed by atoms with Crippen LogP contribution in [0.2, 0.25) is 0 Å². The SMILES string of the molecule is CC1(CNC(=O)[C@@H](N)CC(=O)OCc2ccccc2)CCOCC1. The maximum absolute atomic E-state index is 12.1. The van der Waals surface area contributed by atoms with E-state index in [1.807, 2.05) is 30.3 Å². The van der Waals surface area contributed by atoms with Crippen molar-refractivity contribution in [2.45, 2.75) is 38.8 Å². The van der Waals surface area contributed by atoms with Gasteiger partial charge in [0.25, 0.3) is 0 Å². The van der Waals surface area contributed by atoms with Crippen molar-refractivity contribution in [3.05, 3.63) is 35.9 Å². The van der Waals surface area contributed by atoms with Crippen molar-refractivity contribution in [3.8, 4) is 0 Å². The molecule has 1 aliphatic heterocycles. The quantitative estimate of drug-likeness (QED) is 0.735. The van der Waals surface area contributed by atoms with Gasteiger partial charge in [-0.3, -0.25) is 9.59 Å². The van der Waals surface area contributed by atoms with Crippen molar-refractivity contribution in [1.29, 1.82) is 0 Å². The Morgan fingerprint density at radius 2 is 1.96 bits per heavy atom. The van der Waals surface area contributed by atoms with E-state index < -0.39 is 12.0 Å². The lowest BCUT2D eigenvalue weighted by Crippen LogP contribution is -2.46. The molecule has 0 spiro atoms. The van der Waals surface area contributed by atoms with Crippen molar-refractivity contribution in [2.75, 3.05) is 19.8 Å². The van der Waals surface area contributed by atoms with Crippen molar-refractivity contribution >= 4 is 11.9 Å². The Morgan fingerprint density at radius 3 is 2.62 bits per heavy atom. The summed E-state index contributed by atoms with van der Waals surface area (Å²) in [6, 6.07) is 8.49. The molecule has 0 aliphatic carbocycles. The van der Waals surface area contributed by atoms with Gasteiger partial charge in [0.1, 0.15) is 6.61 Å². The molecule has 1 aromatic carbocycles. The maximum atomic E-state index is 12.1. The largest absolute Gasteiger partial charge is 0.461 e. The summed E-state index contributed by atoms with van der Waals surface area (Å²) in [6.07, 6.45) is 1.68. The predicted octanol–water partition coefficient (Wildman–Crippen LogP) is 1.38. The lowest BCUT2D eigenvalue weighted by Gasteiger charge is -2.33. The van der Waals surface area contributed by atoms with E-state index in [-0.39, 0.29) is 24.3 Å². The zero-order chi connectivity index (χ0) is 17.4. The molecule has 0 radical (unpaired) electrons. The van der Waals surface area contributed by atoms with E-state index in [0.29, 0.717) is 19.8 Å². The lowest BCUT2D eigenvalue weighted by molar-refractivity contribution is -0.146. The first-order valence-corrected chi connectivity index (χ1v) is 8.29. The zero-order valence-electron chi connectivity index (χ0n) is 14.1. The van der Waals surface area contributed by atoms with E-state index in [4.69, 9.17) is 15.2 Å². The van der Waals surface area contributed by atoms with Gasteiger partial charge < -0.3 is 20.5 Å². The van der Waals surface area contributed by atoms with Crippen LogP contribution in [0, 0.1) is 5.41 Å². The first-order chi connectivity index (χ1) is 11.5. The Kier molecular flexibility index (Phi) is 6.75. The lowest BCUT2D eigenvalue weighted by atomic mass is 9.82. The second-order valence-electron chi connectivity index (χ2n) is 6.60. The summed E-state index contributed by atoms with van der Waals surface area (Å²) < 4.78 is 10.5. The standard InChI is InChI=1S/C18H26N2O4/c1-18(7-9-23-10-8-18)13-20-17(22)15(19)11-16(21)24-12-14-5-3-2-4-6-14/h2-6,15H,7-13,19H2,1H3,(H,20,22)/t15-/m0/s1. The molecule has 0 saturated carbocycles. The highest BCUT2D eigenvalue weighted by Gasteiger charge is 2.29. The molecule has 6 nitrogen and oxygen atoms in total. The van der Waals surface area contributed by atoms with E-state index in [9.17, 15) is 9.59 Å². The number of hydrogen-bond donors (Lipinski definition) is 2. The van der Waals surface area contributed by atoms with Crippen LogP contribution in [0.1, 0.15) is 31.7 Å². The summed E-state index contributed by atoms with van der Waals surface area (Å²) in [4.78, 5) is 23.9. The molecule has 1 amide bonds. The Balaban J connectivity index is 1.69. The molecule has 1 fully saturated rings. The van der Waals surface area contributed by atoms with Crippen LogP contribution in [0.25, 0.3) is 0 Å². The average Bonchev–Trinajstić information content (AvgIpc) is 2.59. The summed E-state index contributed by atoms with van der Waals surface area (Å²) in [7, 11) is 0. The number of hydrogen-bond acceptors (Lipinski definition) is 5. The van der Waals surface area contributed by atoms with E-state index in [2.05, 4.69) is 12.2 Å². The number of rotatable bonds is 7. The van der Waals surface area contributed by atoms with Gasteiger partial charge in [0.15, 0.2) is 0 Å². The second-order valence-corrected chi connectivity index (χ2v) is 6.60. The number of esters is 1. The van der Waals surface area contributed by atoms with Gasteiger partial charge in [0, 0.05) is 19.8 Å². The van der Waals surface area contributed by atoms with Gasteiger partial charge >= 0.3 is 5.97 Å². The van der Waals surface area contributed by atoms with Crippen LogP contribution >= 0.6 is 0 Å². The zero-order valence-corrected chi connectivity index (χ0v) is 14.1. The second kappa shape index (κ2) is 8.80. The smallest absolute Gasteiger partial charge is 0.308 e. The van der Waals surface area contributed by atoms with Gasteiger partial charge in [-0.1, -0.05) is 37.3 Å².